The fraction of sp³-hybridized carbons (Fsp3) is 0.312. The van der Waals surface area contributed by atoms with Gasteiger partial charge in [-0.1, -0.05) is 6.07 Å². The predicted molar refractivity (Wildman–Crippen MR) is 91.1 cm³/mol. The zero-order valence-corrected chi connectivity index (χ0v) is 14.4. The molecule has 3 N–H and O–H groups in total. The van der Waals surface area contributed by atoms with Crippen molar-refractivity contribution in [2.45, 2.75) is 31.5 Å². The molecule has 28 heavy (non-hydrogen) atoms. The first-order chi connectivity index (χ1) is 13.2. The highest BCUT2D eigenvalue weighted by molar-refractivity contribution is 6.04. The van der Waals surface area contributed by atoms with Crippen LogP contribution in [0.5, 0.6) is 0 Å². The van der Waals surface area contributed by atoms with Crippen molar-refractivity contribution in [1.29, 1.82) is 0 Å². The second-order valence-electron chi connectivity index (χ2n) is 6.10. The first kappa shape index (κ1) is 19.5. The summed E-state index contributed by atoms with van der Waals surface area (Å²) in [5.74, 6) is -2.71. The van der Waals surface area contributed by atoms with Crippen LogP contribution in [0.1, 0.15) is 23.5 Å². The van der Waals surface area contributed by atoms with Crippen molar-refractivity contribution in [2.24, 2.45) is 0 Å². The third-order valence-electron chi connectivity index (χ3n) is 4.21. The van der Waals surface area contributed by atoms with Gasteiger partial charge in [-0.3, -0.25) is 19.5 Å². The Hall–Kier alpha value is -3.22. The molecular formula is C16H15FN4O7. The summed E-state index contributed by atoms with van der Waals surface area (Å²) in [7, 11) is 0. The van der Waals surface area contributed by atoms with Gasteiger partial charge in [0.2, 0.25) is 0 Å². The molecule has 0 aliphatic carbocycles. The van der Waals surface area contributed by atoms with E-state index in [1.807, 2.05) is 0 Å². The maximum absolute atomic E-state index is 14.3. The average Bonchev–Trinajstić information content (AvgIpc) is 2.91. The summed E-state index contributed by atoms with van der Waals surface area (Å²) in [4.78, 5) is 37.9. The van der Waals surface area contributed by atoms with Gasteiger partial charge in [0.05, 0.1) is 17.2 Å². The lowest BCUT2D eigenvalue weighted by Crippen LogP contribution is -2.36. The molecule has 1 aromatic carbocycles. The summed E-state index contributed by atoms with van der Waals surface area (Å²) in [5.41, 5.74) is -1.51. The van der Waals surface area contributed by atoms with Crippen LogP contribution in [-0.4, -0.2) is 48.9 Å². The van der Waals surface area contributed by atoms with Crippen LogP contribution in [0.25, 0.3) is 0 Å². The van der Waals surface area contributed by atoms with Crippen molar-refractivity contribution in [2.75, 3.05) is 5.32 Å². The number of amides is 1. The first-order valence-electron chi connectivity index (χ1n) is 8.05. The smallest absolute Gasteiger partial charge is 0.351 e. The SMILES string of the molecule is C[C@H]1O[C@@H](n2cc(F)c(NC(=O)c3cccc([N+](=O)[O-])c3)nc2=O)C(O)C1O. The summed E-state index contributed by atoms with van der Waals surface area (Å²) >= 11 is 0. The van der Waals surface area contributed by atoms with E-state index in [-0.39, 0.29) is 11.3 Å². The monoisotopic (exact) mass is 394 g/mol. The lowest BCUT2D eigenvalue weighted by atomic mass is 10.1. The molecule has 148 valence electrons. The molecule has 0 radical (unpaired) electrons. The number of anilines is 1. The van der Waals surface area contributed by atoms with E-state index < -0.39 is 52.7 Å². The van der Waals surface area contributed by atoms with Crippen LogP contribution in [0, 0.1) is 15.9 Å². The van der Waals surface area contributed by atoms with Crippen LogP contribution in [0.3, 0.4) is 0 Å². The molecular weight excluding hydrogens is 379 g/mol. The highest BCUT2D eigenvalue weighted by Crippen LogP contribution is 2.28. The minimum absolute atomic E-state index is 0.133. The van der Waals surface area contributed by atoms with Gasteiger partial charge in [-0.05, 0) is 13.0 Å². The molecule has 1 aromatic heterocycles. The lowest BCUT2D eigenvalue weighted by molar-refractivity contribution is -0.384. The topological polar surface area (TPSA) is 157 Å². The lowest BCUT2D eigenvalue weighted by Gasteiger charge is -2.17. The minimum Gasteiger partial charge on any atom is -0.388 e. The van der Waals surface area contributed by atoms with Crippen LogP contribution >= 0.6 is 0 Å². The number of nitrogens with zero attached hydrogens (tertiary/aromatic N) is 3. The second-order valence-corrected chi connectivity index (χ2v) is 6.10. The fourth-order valence-corrected chi connectivity index (χ4v) is 2.71. The van der Waals surface area contributed by atoms with E-state index in [9.17, 15) is 34.3 Å². The molecule has 3 rings (SSSR count). The van der Waals surface area contributed by atoms with Gasteiger partial charge in [-0.25, -0.2) is 9.18 Å². The summed E-state index contributed by atoms with van der Waals surface area (Å²) in [6, 6.07) is 4.71. The standard InChI is InChI=1S/C16H15FN4O7/c1-7-11(22)12(23)15(28-7)20-6-10(17)13(19-16(20)25)18-14(24)8-3-2-4-9(5-8)21(26)27/h2-7,11-12,15,22-23H,1H3,(H,18,19,24,25)/t7-,11?,12?,15-/m1/s1. The quantitative estimate of drug-likeness (QED) is 0.490. The zero-order chi connectivity index (χ0) is 20.6. The number of non-ortho nitro benzene ring substituents is 1. The van der Waals surface area contributed by atoms with E-state index in [1.165, 1.54) is 25.1 Å². The number of halogens is 1. The number of rotatable bonds is 4. The maximum atomic E-state index is 14.3. The molecule has 4 atom stereocenters. The molecule has 1 fully saturated rings. The summed E-state index contributed by atoms with van der Waals surface area (Å²) in [6.07, 6.45) is -4.20. The number of nitro groups is 1. The number of aliphatic hydroxyl groups excluding tert-OH is 2. The number of nitrogens with one attached hydrogen (secondary N) is 1. The highest BCUT2D eigenvalue weighted by Gasteiger charge is 2.42. The first-order valence-corrected chi connectivity index (χ1v) is 8.05. The average molecular weight is 394 g/mol. The molecule has 0 bridgehead atoms. The van der Waals surface area contributed by atoms with Gasteiger partial charge in [0.25, 0.3) is 11.6 Å². The normalized spacial score (nSPS) is 24.1. The number of carbonyl (C=O) groups is 1. The van der Waals surface area contributed by atoms with Crippen LogP contribution in [0.2, 0.25) is 0 Å². The second kappa shape index (κ2) is 7.42. The fourth-order valence-electron chi connectivity index (χ4n) is 2.71. The zero-order valence-electron chi connectivity index (χ0n) is 14.4. The van der Waals surface area contributed by atoms with Crippen LogP contribution in [-0.2, 0) is 4.74 Å². The Morgan fingerprint density at radius 2 is 2.11 bits per heavy atom. The molecule has 2 unspecified atom stereocenters. The van der Waals surface area contributed by atoms with Crippen molar-refractivity contribution in [3.05, 3.63) is 62.4 Å². The number of carbonyl (C=O) groups excluding carboxylic acids is 1. The minimum atomic E-state index is -1.47. The molecule has 1 saturated heterocycles. The van der Waals surface area contributed by atoms with Crippen LogP contribution in [0.15, 0.2) is 35.3 Å². The van der Waals surface area contributed by atoms with Crippen molar-refractivity contribution in [3.8, 4) is 0 Å². The molecule has 2 heterocycles. The van der Waals surface area contributed by atoms with E-state index in [1.54, 1.807) is 0 Å². The summed E-state index contributed by atoms with van der Waals surface area (Å²) < 4.78 is 20.2. The highest BCUT2D eigenvalue weighted by atomic mass is 19.1. The van der Waals surface area contributed by atoms with Gasteiger partial charge in [-0.15, -0.1) is 0 Å². The molecule has 1 amide bonds. The van der Waals surface area contributed by atoms with Gasteiger partial charge in [0, 0.05) is 17.7 Å². The van der Waals surface area contributed by atoms with Crippen molar-refractivity contribution in [3.63, 3.8) is 0 Å². The van der Waals surface area contributed by atoms with Gasteiger partial charge in [-0.2, -0.15) is 4.98 Å². The van der Waals surface area contributed by atoms with E-state index in [0.29, 0.717) is 10.8 Å². The molecule has 0 spiro atoms. The number of nitro benzene ring substituents is 1. The van der Waals surface area contributed by atoms with E-state index in [4.69, 9.17) is 4.74 Å². The molecule has 11 nitrogen and oxygen atoms in total. The Labute approximate surface area is 156 Å². The Balaban J connectivity index is 1.86. The Morgan fingerprint density at radius 1 is 1.39 bits per heavy atom. The van der Waals surface area contributed by atoms with Crippen LogP contribution in [0.4, 0.5) is 15.9 Å². The largest absolute Gasteiger partial charge is 0.388 e. The molecule has 0 saturated carbocycles. The van der Waals surface area contributed by atoms with E-state index in [2.05, 4.69) is 10.3 Å². The number of hydrogen-bond donors (Lipinski definition) is 3. The van der Waals surface area contributed by atoms with Gasteiger partial charge in [0.15, 0.2) is 17.9 Å². The molecule has 12 heteroatoms. The third-order valence-corrected chi connectivity index (χ3v) is 4.21. The summed E-state index contributed by atoms with van der Waals surface area (Å²) in [5, 5.41) is 32.5. The molecule has 1 aliphatic heterocycles. The molecule has 1 aliphatic rings. The van der Waals surface area contributed by atoms with Gasteiger partial charge >= 0.3 is 5.69 Å². The number of aromatic nitrogens is 2. The summed E-state index contributed by atoms with van der Waals surface area (Å²) in [6.45, 7) is 1.47. The number of hydrogen-bond acceptors (Lipinski definition) is 8. The number of ether oxygens (including phenoxy) is 1. The number of benzene rings is 1. The van der Waals surface area contributed by atoms with Gasteiger partial charge in [0.1, 0.15) is 12.2 Å². The van der Waals surface area contributed by atoms with E-state index >= 15 is 0 Å². The van der Waals surface area contributed by atoms with Gasteiger partial charge < -0.3 is 20.3 Å². The maximum Gasteiger partial charge on any atom is 0.351 e. The van der Waals surface area contributed by atoms with Crippen molar-refractivity contribution in [1.82, 2.24) is 9.55 Å². The Morgan fingerprint density at radius 3 is 2.71 bits per heavy atom. The molecule has 2 aromatic rings. The van der Waals surface area contributed by atoms with E-state index in [0.717, 1.165) is 6.07 Å². The number of aliphatic hydroxyl groups is 2. The third kappa shape index (κ3) is 3.60. The Bertz CT molecular complexity index is 995. The Kier molecular flexibility index (Phi) is 5.18. The van der Waals surface area contributed by atoms with Crippen molar-refractivity contribution < 1.29 is 29.1 Å². The van der Waals surface area contributed by atoms with Crippen LogP contribution < -0.4 is 11.0 Å². The predicted octanol–water partition coefficient (Wildman–Crippen LogP) is 0.182. The van der Waals surface area contributed by atoms with Crippen molar-refractivity contribution >= 4 is 17.4 Å².